The highest BCUT2D eigenvalue weighted by molar-refractivity contribution is 9.10. The van der Waals surface area contributed by atoms with Gasteiger partial charge in [-0.2, -0.15) is 0 Å². The molecule has 0 bridgehead atoms. The summed E-state index contributed by atoms with van der Waals surface area (Å²) in [7, 11) is 1.54. The molecule has 0 aromatic heterocycles. The molecule has 3 N–H and O–H groups in total. The maximum atomic E-state index is 13.1. The molecule has 41 heavy (non-hydrogen) atoms. The number of carboxylic acids is 1. The van der Waals surface area contributed by atoms with Gasteiger partial charge in [0.05, 0.1) is 17.8 Å². The summed E-state index contributed by atoms with van der Waals surface area (Å²) >= 11 is 5.99. The summed E-state index contributed by atoms with van der Waals surface area (Å²) in [6, 6.07) is 23.0. The van der Waals surface area contributed by atoms with Crippen LogP contribution in [0.15, 0.2) is 84.9 Å². The molecule has 0 fully saturated rings. The van der Waals surface area contributed by atoms with Gasteiger partial charge in [0.15, 0.2) is 5.78 Å². The molecule has 2 amide bonds. The van der Waals surface area contributed by atoms with Crippen LogP contribution < -0.4 is 15.4 Å². The first kappa shape index (κ1) is 33.5. The lowest BCUT2D eigenvalue weighted by Gasteiger charge is -2.21. The van der Waals surface area contributed by atoms with E-state index in [0.29, 0.717) is 22.0 Å². The number of carbonyl (C=O) groups excluding carboxylic acids is 3. The predicted molar refractivity (Wildman–Crippen MR) is 163 cm³/mol. The summed E-state index contributed by atoms with van der Waals surface area (Å²) in [5, 5.41) is 15.7. The number of ketones is 1. The van der Waals surface area contributed by atoms with Gasteiger partial charge in [-0.25, -0.2) is 9.59 Å². The maximum absolute atomic E-state index is 13.1. The van der Waals surface area contributed by atoms with Crippen LogP contribution in [0.3, 0.4) is 0 Å². The molecule has 0 saturated heterocycles. The van der Waals surface area contributed by atoms with E-state index in [1.165, 1.54) is 0 Å². The smallest absolute Gasteiger partial charge is 0.408 e. The molecule has 0 aliphatic rings. The first-order valence-corrected chi connectivity index (χ1v) is 14.8. The van der Waals surface area contributed by atoms with Crippen molar-refractivity contribution in [2.24, 2.45) is 0 Å². The van der Waals surface area contributed by atoms with Crippen molar-refractivity contribution in [1.29, 1.82) is 0 Å². The molecular weight excluding hydrogens is 660 g/mol. The standard InChI is InChI=1S/C27H28N2O6.C3H4Br2O/c1-34-22-14-12-20(13-15-22)17-24(26(31)32)28-25(30)23(16-19-8-4-2-5-9-19)29-27(33)35-18-21-10-6-3-7-11-21;4-1-3(6)2-5/h2-15,23-24H,16-18H2,1H3,(H,28,30)(H,29,33)(H,31,32);1-2H2/t23-,24-;/m0./s1. The van der Waals surface area contributed by atoms with E-state index in [9.17, 15) is 24.3 Å². The van der Waals surface area contributed by atoms with Gasteiger partial charge in [0.25, 0.3) is 0 Å². The van der Waals surface area contributed by atoms with Crippen LogP contribution in [0.25, 0.3) is 0 Å². The number of rotatable bonds is 13. The van der Waals surface area contributed by atoms with E-state index in [-0.39, 0.29) is 25.2 Å². The lowest BCUT2D eigenvalue weighted by atomic mass is 10.0. The number of carbonyl (C=O) groups is 4. The zero-order valence-electron chi connectivity index (χ0n) is 22.4. The Kier molecular flexibility index (Phi) is 15.2. The van der Waals surface area contributed by atoms with Gasteiger partial charge in [0.1, 0.15) is 24.4 Å². The molecule has 0 radical (unpaired) electrons. The normalized spacial score (nSPS) is 11.6. The fourth-order valence-corrected chi connectivity index (χ4v) is 4.40. The van der Waals surface area contributed by atoms with Crippen LogP contribution in [0.5, 0.6) is 5.75 Å². The average molecular weight is 692 g/mol. The van der Waals surface area contributed by atoms with Gasteiger partial charge in [-0.3, -0.25) is 9.59 Å². The van der Waals surface area contributed by atoms with Crippen LogP contribution in [0.2, 0.25) is 0 Å². The quantitative estimate of drug-likeness (QED) is 0.222. The third-order valence-electron chi connectivity index (χ3n) is 5.62. The van der Waals surface area contributed by atoms with Crippen molar-refractivity contribution in [3.63, 3.8) is 0 Å². The highest BCUT2D eigenvalue weighted by Crippen LogP contribution is 2.13. The Morgan fingerprint density at radius 2 is 1.24 bits per heavy atom. The lowest BCUT2D eigenvalue weighted by Crippen LogP contribution is -2.53. The van der Waals surface area contributed by atoms with Crippen molar-refractivity contribution in [2.75, 3.05) is 17.8 Å². The van der Waals surface area contributed by atoms with E-state index in [0.717, 1.165) is 11.1 Å². The van der Waals surface area contributed by atoms with Gasteiger partial charge in [-0.1, -0.05) is 105 Å². The highest BCUT2D eigenvalue weighted by Gasteiger charge is 2.27. The molecule has 0 heterocycles. The van der Waals surface area contributed by atoms with Crippen molar-refractivity contribution in [1.82, 2.24) is 10.6 Å². The van der Waals surface area contributed by atoms with Crippen LogP contribution in [0, 0.1) is 0 Å². The SMILES string of the molecule is COc1ccc(C[C@H](NC(=O)[C@H](Cc2ccccc2)NC(=O)OCc2ccccc2)C(=O)O)cc1.O=C(CBr)CBr. The molecule has 0 unspecified atom stereocenters. The van der Waals surface area contributed by atoms with Crippen molar-refractivity contribution in [3.05, 3.63) is 102 Å². The third-order valence-corrected chi connectivity index (χ3v) is 6.87. The number of methoxy groups -OCH3 is 1. The molecule has 0 aliphatic heterocycles. The minimum Gasteiger partial charge on any atom is -0.497 e. The molecule has 3 aromatic carbocycles. The fourth-order valence-electron chi connectivity index (χ4n) is 3.47. The second-order valence-corrected chi connectivity index (χ2v) is 9.83. The number of ether oxygens (including phenoxy) is 2. The van der Waals surface area contributed by atoms with E-state index in [1.807, 2.05) is 60.7 Å². The van der Waals surface area contributed by atoms with E-state index >= 15 is 0 Å². The number of Topliss-reactive ketones (excluding diaryl/α,β-unsaturated/α-hetero) is 1. The van der Waals surface area contributed by atoms with Crippen molar-refractivity contribution >= 4 is 55.6 Å². The molecule has 0 spiro atoms. The Bertz CT molecular complexity index is 1240. The van der Waals surface area contributed by atoms with Gasteiger partial charge in [0, 0.05) is 12.8 Å². The number of aliphatic carboxylic acids is 1. The molecular formula is C30H32Br2N2O7. The number of benzene rings is 3. The average Bonchev–Trinajstić information content (AvgIpc) is 3.00. The third kappa shape index (κ3) is 13.0. The fraction of sp³-hybridized carbons (Fsp3) is 0.267. The van der Waals surface area contributed by atoms with Crippen molar-refractivity contribution in [3.8, 4) is 5.75 Å². The number of alkyl carbamates (subject to hydrolysis) is 1. The molecule has 2 atom stereocenters. The van der Waals surface area contributed by atoms with Gasteiger partial charge < -0.3 is 25.2 Å². The van der Waals surface area contributed by atoms with E-state index < -0.39 is 30.1 Å². The zero-order valence-corrected chi connectivity index (χ0v) is 25.6. The van der Waals surface area contributed by atoms with Crippen LogP contribution >= 0.6 is 31.9 Å². The van der Waals surface area contributed by atoms with Crippen LogP contribution in [0.4, 0.5) is 4.79 Å². The summed E-state index contributed by atoms with van der Waals surface area (Å²) in [6.45, 7) is 0.0432. The summed E-state index contributed by atoms with van der Waals surface area (Å²) in [5.74, 6) is -0.980. The Morgan fingerprint density at radius 3 is 1.73 bits per heavy atom. The number of halogens is 2. The van der Waals surface area contributed by atoms with E-state index in [2.05, 4.69) is 42.5 Å². The van der Waals surface area contributed by atoms with Crippen molar-refractivity contribution < 1.29 is 33.8 Å². The Morgan fingerprint density at radius 1 is 0.732 bits per heavy atom. The molecule has 11 heteroatoms. The topological polar surface area (TPSA) is 131 Å². The molecule has 0 saturated carbocycles. The lowest BCUT2D eigenvalue weighted by molar-refractivity contribution is -0.142. The summed E-state index contributed by atoms with van der Waals surface area (Å²) in [5.41, 5.74) is 2.32. The number of carboxylic acid groups (broad SMARTS) is 1. The minimum atomic E-state index is -1.18. The second-order valence-electron chi connectivity index (χ2n) is 8.71. The molecule has 3 rings (SSSR count). The van der Waals surface area contributed by atoms with Gasteiger partial charge in [0.2, 0.25) is 5.91 Å². The Balaban J connectivity index is 0.000000883. The number of nitrogens with one attached hydrogen (secondary N) is 2. The molecule has 0 aliphatic carbocycles. The number of alkyl halides is 2. The Labute approximate surface area is 255 Å². The zero-order chi connectivity index (χ0) is 30.0. The van der Waals surface area contributed by atoms with Gasteiger partial charge in [-0.05, 0) is 28.8 Å². The largest absolute Gasteiger partial charge is 0.497 e. The second kappa shape index (κ2) is 18.6. The maximum Gasteiger partial charge on any atom is 0.408 e. The first-order valence-electron chi connectivity index (χ1n) is 12.6. The van der Waals surface area contributed by atoms with Gasteiger partial charge >= 0.3 is 12.1 Å². The highest BCUT2D eigenvalue weighted by atomic mass is 79.9. The van der Waals surface area contributed by atoms with E-state index in [4.69, 9.17) is 9.47 Å². The number of hydrogen-bond acceptors (Lipinski definition) is 6. The molecule has 9 nitrogen and oxygen atoms in total. The van der Waals surface area contributed by atoms with Crippen molar-refractivity contribution in [2.45, 2.75) is 31.5 Å². The van der Waals surface area contributed by atoms with Crippen LogP contribution in [-0.4, -0.2) is 58.7 Å². The van der Waals surface area contributed by atoms with Gasteiger partial charge in [-0.15, -0.1) is 0 Å². The van der Waals surface area contributed by atoms with Crippen LogP contribution in [-0.2, 0) is 38.6 Å². The molecule has 218 valence electrons. The van der Waals surface area contributed by atoms with E-state index in [1.54, 1.807) is 31.4 Å². The number of hydrogen-bond donors (Lipinski definition) is 3. The summed E-state index contributed by atoms with van der Waals surface area (Å²) in [6.07, 6.45) is -0.532. The number of amides is 2. The Hall–Kier alpha value is -3.70. The summed E-state index contributed by atoms with van der Waals surface area (Å²) in [4.78, 5) is 47.5. The summed E-state index contributed by atoms with van der Waals surface area (Å²) < 4.78 is 10.4. The molecule has 3 aromatic rings. The monoisotopic (exact) mass is 690 g/mol. The predicted octanol–water partition coefficient (Wildman–Crippen LogP) is 4.69. The minimum absolute atomic E-state index is 0.0432. The first-order chi connectivity index (χ1) is 19.7. The van der Waals surface area contributed by atoms with Crippen LogP contribution in [0.1, 0.15) is 16.7 Å².